The zero-order chi connectivity index (χ0) is 19.1. The summed E-state index contributed by atoms with van der Waals surface area (Å²) in [5, 5.41) is 3.27. The number of H-pyrrole nitrogens is 1. The maximum atomic E-state index is 13.1. The molecule has 0 spiro atoms. The third-order valence-corrected chi connectivity index (χ3v) is 6.03. The van der Waals surface area contributed by atoms with Gasteiger partial charge in [0.25, 0.3) is 5.56 Å². The van der Waals surface area contributed by atoms with E-state index in [-0.39, 0.29) is 17.5 Å². The van der Waals surface area contributed by atoms with Crippen LogP contribution in [0.5, 0.6) is 0 Å². The Morgan fingerprint density at radius 2 is 2.15 bits per heavy atom. The van der Waals surface area contributed by atoms with E-state index in [0.29, 0.717) is 24.7 Å². The third-order valence-electron chi connectivity index (χ3n) is 6.03. The first-order valence-corrected chi connectivity index (χ1v) is 10.2. The second-order valence-corrected chi connectivity index (χ2v) is 8.01. The van der Waals surface area contributed by atoms with Gasteiger partial charge < -0.3 is 4.90 Å². The van der Waals surface area contributed by atoms with Crippen LogP contribution in [0.1, 0.15) is 69.4 Å². The summed E-state index contributed by atoms with van der Waals surface area (Å²) in [5.74, 6) is 0.172. The van der Waals surface area contributed by atoms with Crippen LogP contribution < -0.4 is 5.56 Å². The molecule has 2 aromatic rings. The maximum absolute atomic E-state index is 13.1. The van der Waals surface area contributed by atoms with E-state index >= 15 is 0 Å². The van der Waals surface area contributed by atoms with Crippen molar-refractivity contribution >= 4 is 11.6 Å². The van der Waals surface area contributed by atoms with Crippen molar-refractivity contribution in [2.24, 2.45) is 0 Å². The Kier molecular flexibility index (Phi) is 4.80. The number of amides is 1. The third kappa shape index (κ3) is 3.18. The van der Waals surface area contributed by atoms with E-state index in [0.717, 1.165) is 55.7 Å². The number of aromatic amines is 1. The molecule has 4 heterocycles. The number of carbonyl (C=O) groups is 1. The van der Waals surface area contributed by atoms with Gasteiger partial charge in [-0.2, -0.15) is 0 Å². The summed E-state index contributed by atoms with van der Waals surface area (Å²) in [4.78, 5) is 34.5. The van der Waals surface area contributed by atoms with Gasteiger partial charge in [-0.15, -0.1) is 0 Å². The molecule has 2 aromatic heterocycles. The number of fused-ring (bicyclic) bond motifs is 2. The molecule has 146 valence electrons. The summed E-state index contributed by atoms with van der Waals surface area (Å²) in [5.41, 5.74) is 3.31. The zero-order valence-corrected chi connectivity index (χ0v) is 16.5. The minimum atomic E-state index is -0.00391. The number of rotatable bonds is 3. The molecule has 0 radical (unpaired) electrons. The van der Waals surface area contributed by atoms with Crippen molar-refractivity contribution in [3.63, 3.8) is 0 Å². The highest BCUT2D eigenvalue weighted by atomic mass is 16.2. The van der Waals surface area contributed by atoms with E-state index in [1.54, 1.807) is 4.52 Å². The molecule has 7 nitrogen and oxygen atoms in total. The normalized spacial score (nSPS) is 21.0. The first kappa shape index (κ1) is 18.2. The summed E-state index contributed by atoms with van der Waals surface area (Å²) in [6.45, 7) is 8.59. The standard InChI is InChI=1S/C20H29N5O2/c1-4-19(26)24-9-6-5-7-17(24)16-11-18-21-15-8-10-23(13(2)3)12-14(15)20(27)25(18)22-16/h11,13,17,22H,4-10,12H2,1-3H3/t17-/m1/s1. The van der Waals surface area contributed by atoms with Gasteiger partial charge in [-0.3, -0.25) is 19.6 Å². The minimum Gasteiger partial charge on any atom is -0.334 e. The second kappa shape index (κ2) is 7.11. The lowest BCUT2D eigenvalue weighted by molar-refractivity contribution is -0.134. The molecule has 1 atom stereocenters. The van der Waals surface area contributed by atoms with Crippen LogP contribution in [-0.2, 0) is 17.8 Å². The van der Waals surface area contributed by atoms with Gasteiger partial charge in [-0.25, -0.2) is 9.50 Å². The number of likely N-dealkylation sites (tertiary alicyclic amines) is 1. The average Bonchev–Trinajstić information content (AvgIpc) is 3.11. The molecule has 0 unspecified atom stereocenters. The quantitative estimate of drug-likeness (QED) is 0.898. The molecule has 1 N–H and O–H groups in total. The lowest BCUT2D eigenvalue weighted by Gasteiger charge is -2.35. The van der Waals surface area contributed by atoms with Crippen LogP contribution in [0.3, 0.4) is 0 Å². The van der Waals surface area contributed by atoms with Gasteiger partial charge in [0.2, 0.25) is 5.91 Å². The molecular formula is C20H29N5O2. The number of aromatic nitrogens is 3. The fraction of sp³-hybridized carbons (Fsp3) is 0.650. The molecular weight excluding hydrogens is 342 g/mol. The smallest absolute Gasteiger partial charge is 0.277 e. The van der Waals surface area contributed by atoms with Gasteiger partial charge in [-0.05, 0) is 33.1 Å². The molecule has 27 heavy (non-hydrogen) atoms. The molecule has 1 fully saturated rings. The van der Waals surface area contributed by atoms with Gasteiger partial charge >= 0.3 is 0 Å². The summed E-state index contributed by atoms with van der Waals surface area (Å²) < 4.78 is 1.57. The maximum Gasteiger partial charge on any atom is 0.277 e. The van der Waals surface area contributed by atoms with E-state index < -0.39 is 0 Å². The molecule has 0 aliphatic carbocycles. The van der Waals surface area contributed by atoms with Gasteiger partial charge in [0.05, 0.1) is 23.0 Å². The van der Waals surface area contributed by atoms with Crippen molar-refractivity contribution in [3.05, 3.63) is 33.4 Å². The van der Waals surface area contributed by atoms with Crippen LogP contribution in [0.15, 0.2) is 10.9 Å². The van der Waals surface area contributed by atoms with Gasteiger partial charge in [0.15, 0.2) is 5.65 Å². The van der Waals surface area contributed by atoms with Crippen molar-refractivity contribution < 1.29 is 4.79 Å². The zero-order valence-electron chi connectivity index (χ0n) is 16.5. The van der Waals surface area contributed by atoms with Crippen LogP contribution in [0.2, 0.25) is 0 Å². The van der Waals surface area contributed by atoms with Crippen LogP contribution in [-0.4, -0.2) is 49.4 Å². The van der Waals surface area contributed by atoms with E-state index in [1.807, 2.05) is 17.9 Å². The predicted molar refractivity (Wildman–Crippen MR) is 104 cm³/mol. The Hall–Kier alpha value is -2.15. The Morgan fingerprint density at radius 1 is 1.33 bits per heavy atom. The second-order valence-electron chi connectivity index (χ2n) is 8.01. The Bertz CT molecular complexity index is 913. The fourth-order valence-electron chi connectivity index (χ4n) is 4.39. The molecule has 2 aliphatic heterocycles. The molecule has 1 saturated heterocycles. The van der Waals surface area contributed by atoms with E-state index in [1.165, 1.54) is 0 Å². The molecule has 7 heteroatoms. The average molecular weight is 371 g/mol. The van der Waals surface area contributed by atoms with Gasteiger partial charge in [0.1, 0.15) is 0 Å². The van der Waals surface area contributed by atoms with Gasteiger partial charge in [-0.1, -0.05) is 6.92 Å². The van der Waals surface area contributed by atoms with Gasteiger partial charge in [0, 0.05) is 44.6 Å². The van der Waals surface area contributed by atoms with Crippen molar-refractivity contribution in [3.8, 4) is 0 Å². The molecule has 4 rings (SSSR count). The fourth-order valence-corrected chi connectivity index (χ4v) is 4.39. The molecule has 0 saturated carbocycles. The minimum absolute atomic E-state index is 0.00391. The summed E-state index contributed by atoms with van der Waals surface area (Å²) >= 11 is 0. The number of piperidine rings is 1. The SMILES string of the molecule is CCC(=O)N1CCCC[C@@H]1c1cc2nc3c(c(=O)n2[nH]1)CN(C(C)C)CC3. The van der Waals surface area contributed by atoms with E-state index in [9.17, 15) is 9.59 Å². The van der Waals surface area contributed by atoms with Crippen molar-refractivity contribution in [2.75, 3.05) is 13.1 Å². The largest absolute Gasteiger partial charge is 0.334 e. The summed E-state index contributed by atoms with van der Waals surface area (Å²) in [7, 11) is 0. The Morgan fingerprint density at radius 3 is 2.89 bits per heavy atom. The Balaban J connectivity index is 1.74. The lowest BCUT2D eigenvalue weighted by Crippen LogP contribution is -2.40. The number of carbonyl (C=O) groups excluding carboxylic acids is 1. The summed E-state index contributed by atoms with van der Waals surface area (Å²) in [6.07, 6.45) is 4.38. The first-order chi connectivity index (χ1) is 13.0. The molecule has 2 aliphatic rings. The number of hydrogen-bond acceptors (Lipinski definition) is 4. The monoisotopic (exact) mass is 371 g/mol. The number of hydrogen-bond donors (Lipinski definition) is 1. The van der Waals surface area contributed by atoms with Crippen LogP contribution >= 0.6 is 0 Å². The molecule has 0 bridgehead atoms. The number of nitrogens with one attached hydrogen (secondary N) is 1. The van der Waals surface area contributed by atoms with Crippen molar-refractivity contribution in [1.29, 1.82) is 0 Å². The highest BCUT2D eigenvalue weighted by Crippen LogP contribution is 2.31. The van der Waals surface area contributed by atoms with E-state index in [2.05, 4.69) is 23.8 Å². The lowest BCUT2D eigenvalue weighted by atomic mass is 9.99. The summed E-state index contributed by atoms with van der Waals surface area (Å²) in [6, 6.07) is 2.38. The van der Waals surface area contributed by atoms with Crippen LogP contribution in [0.4, 0.5) is 0 Å². The molecule has 0 aromatic carbocycles. The van der Waals surface area contributed by atoms with Crippen molar-refractivity contribution in [1.82, 2.24) is 24.4 Å². The topological polar surface area (TPSA) is 73.7 Å². The highest BCUT2D eigenvalue weighted by Gasteiger charge is 2.30. The molecule has 1 amide bonds. The predicted octanol–water partition coefficient (Wildman–Crippen LogP) is 2.25. The van der Waals surface area contributed by atoms with Crippen LogP contribution in [0, 0.1) is 0 Å². The van der Waals surface area contributed by atoms with Crippen molar-refractivity contribution in [2.45, 2.75) is 71.5 Å². The van der Waals surface area contributed by atoms with Crippen LogP contribution in [0.25, 0.3) is 5.65 Å². The first-order valence-electron chi connectivity index (χ1n) is 10.2. The Labute approximate surface area is 159 Å². The van der Waals surface area contributed by atoms with E-state index in [4.69, 9.17) is 4.98 Å². The number of nitrogens with zero attached hydrogens (tertiary/aromatic N) is 4. The highest BCUT2D eigenvalue weighted by molar-refractivity contribution is 5.76.